The fourth-order valence-electron chi connectivity index (χ4n) is 2.85. The van der Waals surface area contributed by atoms with E-state index in [2.05, 4.69) is 0 Å². The molecule has 0 aromatic heterocycles. The van der Waals surface area contributed by atoms with Crippen LogP contribution in [0, 0.1) is 20.2 Å². The SMILES string of the molecule is O=[N+]([O-])C[C@@H](c1ccccc1[N+](=O)[O-])P(=O)(Oc1ccccc1)Oc1ccccc1. The van der Waals surface area contributed by atoms with E-state index in [9.17, 15) is 24.8 Å². The Labute approximate surface area is 171 Å². The molecule has 0 saturated carbocycles. The van der Waals surface area contributed by atoms with Crippen molar-refractivity contribution < 1.29 is 23.5 Å². The molecule has 0 N–H and O–H groups in total. The molecule has 0 unspecified atom stereocenters. The van der Waals surface area contributed by atoms with Crippen LogP contribution in [0.2, 0.25) is 0 Å². The Morgan fingerprint density at radius 2 is 1.23 bits per heavy atom. The largest absolute Gasteiger partial charge is 0.445 e. The lowest BCUT2D eigenvalue weighted by molar-refractivity contribution is -0.480. The molecule has 10 heteroatoms. The van der Waals surface area contributed by atoms with Gasteiger partial charge in [-0.05, 0) is 24.3 Å². The first-order valence-electron chi connectivity index (χ1n) is 8.83. The maximum absolute atomic E-state index is 14.0. The molecule has 3 aromatic carbocycles. The van der Waals surface area contributed by atoms with Gasteiger partial charge in [0, 0.05) is 11.0 Å². The second-order valence-corrected chi connectivity index (χ2v) is 8.26. The van der Waals surface area contributed by atoms with Crippen LogP contribution in [0.15, 0.2) is 84.9 Å². The van der Waals surface area contributed by atoms with E-state index in [0.717, 1.165) is 0 Å². The molecule has 0 heterocycles. The lowest BCUT2D eigenvalue weighted by Crippen LogP contribution is -2.19. The van der Waals surface area contributed by atoms with Gasteiger partial charge >= 0.3 is 7.60 Å². The van der Waals surface area contributed by atoms with E-state index in [1.165, 1.54) is 48.5 Å². The van der Waals surface area contributed by atoms with Crippen LogP contribution in [0.5, 0.6) is 11.5 Å². The van der Waals surface area contributed by atoms with Crippen molar-refractivity contribution in [1.82, 2.24) is 0 Å². The van der Waals surface area contributed by atoms with Crippen molar-refractivity contribution >= 4 is 13.3 Å². The molecule has 0 spiro atoms. The van der Waals surface area contributed by atoms with E-state index < -0.39 is 35.3 Å². The van der Waals surface area contributed by atoms with E-state index >= 15 is 0 Å². The lowest BCUT2D eigenvalue weighted by atomic mass is 10.1. The first-order valence-corrected chi connectivity index (χ1v) is 10.4. The predicted octanol–water partition coefficient (Wildman–Crippen LogP) is 5.26. The minimum Gasteiger partial charge on any atom is -0.415 e. The summed E-state index contributed by atoms with van der Waals surface area (Å²) in [5.41, 5.74) is -2.03. The molecular weight excluding hydrogens is 411 g/mol. The van der Waals surface area contributed by atoms with E-state index in [0.29, 0.717) is 0 Å². The molecule has 0 saturated heterocycles. The molecule has 0 fully saturated rings. The number of benzene rings is 3. The topological polar surface area (TPSA) is 122 Å². The molecule has 0 aliphatic heterocycles. The number of nitrogens with zero attached hydrogens (tertiary/aromatic N) is 2. The zero-order valence-electron chi connectivity index (χ0n) is 15.6. The van der Waals surface area contributed by atoms with Gasteiger partial charge in [-0.15, -0.1) is 0 Å². The second-order valence-electron chi connectivity index (χ2n) is 6.20. The molecule has 0 radical (unpaired) electrons. The molecule has 9 nitrogen and oxygen atoms in total. The second kappa shape index (κ2) is 9.19. The molecule has 3 aromatic rings. The molecular formula is C20H17N2O7P. The van der Waals surface area contributed by atoms with Gasteiger partial charge in [0.05, 0.1) is 10.5 Å². The van der Waals surface area contributed by atoms with Gasteiger partial charge < -0.3 is 9.05 Å². The average molecular weight is 428 g/mol. The number of para-hydroxylation sites is 3. The smallest absolute Gasteiger partial charge is 0.415 e. The van der Waals surface area contributed by atoms with Crippen LogP contribution in [-0.2, 0) is 4.57 Å². The molecule has 0 bridgehead atoms. The van der Waals surface area contributed by atoms with Gasteiger partial charge in [0.2, 0.25) is 6.54 Å². The van der Waals surface area contributed by atoms with Crippen LogP contribution in [0.4, 0.5) is 5.69 Å². The summed E-state index contributed by atoms with van der Waals surface area (Å²) in [6.45, 7) is -0.887. The van der Waals surface area contributed by atoms with Gasteiger partial charge in [-0.3, -0.25) is 20.2 Å². The molecule has 0 aliphatic rings. The maximum atomic E-state index is 14.0. The van der Waals surface area contributed by atoms with Crippen LogP contribution >= 0.6 is 7.60 Å². The minimum atomic E-state index is -4.36. The Morgan fingerprint density at radius 3 is 1.70 bits per heavy atom. The third-order valence-electron chi connectivity index (χ3n) is 4.15. The van der Waals surface area contributed by atoms with Gasteiger partial charge in [-0.2, -0.15) is 0 Å². The fourth-order valence-corrected chi connectivity index (χ4v) is 4.86. The zero-order chi connectivity index (χ0) is 21.6. The number of hydrogen-bond donors (Lipinski definition) is 0. The van der Waals surface area contributed by atoms with Gasteiger partial charge in [0.25, 0.3) is 5.69 Å². The zero-order valence-corrected chi connectivity index (χ0v) is 16.5. The van der Waals surface area contributed by atoms with Crippen molar-refractivity contribution in [3.05, 3.63) is 111 Å². The number of nitro groups is 2. The van der Waals surface area contributed by atoms with Crippen LogP contribution in [0.3, 0.4) is 0 Å². The minimum absolute atomic E-state index is 0.102. The van der Waals surface area contributed by atoms with Crippen molar-refractivity contribution in [2.24, 2.45) is 0 Å². The molecule has 0 amide bonds. The highest BCUT2D eigenvalue weighted by atomic mass is 31.2. The van der Waals surface area contributed by atoms with E-state index in [-0.39, 0.29) is 17.1 Å². The first-order chi connectivity index (χ1) is 14.4. The third kappa shape index (κ3) is 5.01. The standard InChI is InChI=1S/C20H17N2O7P/c23-21(24)15-20(18-13-7-8-14-19(18)22(25)26)30(27,28-16-9-3-1-4-10-16)29-17-11-5-2-6-12-17/h1-14,20H,15H2/t20-/m0/s1. The highest BCUT2D eigenvalue weighted by molar-refractivity contribution is 7.55. The van der Waals surface area contributed by atoms with Gasteiger partial charge in [-0.1, -0.05) is 54.6 Å². The van der Waals surface area contributed by atoms with Crippen molar-refractivity contribution in [3.63, 3.8) is 0 Å². The molecule has 30 heavy (non-hydrogen) atoms. The first kappa shape index (κ1) is 21.0. The van der Waals surface area contributed by atoms with Gasteiger partial charge in [0.1, 0.15) is 11.5 Å². The molecule has 3 rings (SSSR count). The number of nitro benzene ring substituents is 1. The Hall–Kier alpha value is -3.71. The summed E-state index contributed by atoms with van der Waals surface area (Å²) in [5, 5.41) is 22.9. The summed E-state index contributed by atoms with van der Waals surface area (Å²) in [4.78, 5) is 21.6. The summed E-state index contributed by atoms with van der Waals surface area (Å²) in [6.07, 6.45) is 0. The highest BCUT2D eigenvalue weighted by Gasteiger charge is 2.47. The fraction of sp³-hybridized carbons (Fsp3) is 0.100. The van der Waals surface area contributed by atoms with E-state index in [4.69, 9.17) is 9.05 Å². The number of rotatable bonds is 9. The Balaban J connectivity index is 2.15. The third-order valence-corrected chi connectivity index (χ3v) is 6.28. The van der Waals surface area contributed by atoms with Crippen LogP contribution in [-0.4, -0.2) is 16.4 Å². The predicted molar refractivity (Wildman–Crippen MR) is 109 cm³/mol. The summed E-state index contributed by atoms with van der Waals surface area (Å²) in [5.74, 6) is 0.312. The van der Waals surface area contributed by atoms with Crippen molar-refractivity contribution in [2.75, 3.05) is 6.54 Å². The molecule has 0 aliphatic carbocycles. The Morgan fingerprint density at radius 1 is 0.767 bits per heavy atom. The molecule has 1 atom stereocenters. The van der Waals surface area contributed by atoms with Crippen molar-refractivity contribution in [1.29, 1.82) is 0 Å². The van der Waals surface area contributed by atoms with Crippen molar-refractivity contribution in [2.45, 2.75) is 5.66 Å². The summed E-state index contributed by atoms with van der Waals surface area (Å²) in [7, 11) is -4.36. The molecule has 154 valence electrons. The average Bonchev–Trinajstić information content (AvgIpc) is 2.73. The van der Waals surface area contributed by atoms with Crippen LogP contribution in [0.1, 0.15) is 11.2 Å². The van der Waals surface area contributed by atoms with Crippen LogP contribution < -0.4 is 9.05 Å². The Kier molecular flexibility index (Phi) is 6.44. The number of hydrogen-bond acceptors (Lipinski definition) is 7. The van der Waals surface area contributed by atoms with Crippen LogP contribution in [0.25, 0.3) is 0 Å². The quantitative estimate of drug-likeness (QED) is 0.259. The summed E-state index contributed by atoms with van der Waals surface area (Å²) < 4.78 is 25.3. The van der Waals surface area contributed by atoms with Crippen molar-refractivity contribution in [3.8, 4) is 11.5 Å². The normalized spacial score (nSPS) is 12.0. The summed E-state index contributed by atoms with van der Waals surface area (Å²) >= 11 is 0. The Bertz CT molecular complexity index is 1030. The maximum Gasteiger partial charge on any atom is 0.445 e. The lowest BCUT2D eigenvalue weighted by Gasteiger charge is -2.25. The monoisotopic (exact) mass is 428 g/mol. The van der Waals surface area contributed by atoms with Gasteiger partial charge in [-0.25, -0.2) is 4.57 Å². The summed E-state index contributed by atoms with van der Waals surface area (Å²) in [6, 6.07) is 21.5. The van der Waals surface area contributed by atoms with Gasteiger partial charge in [0.15, 0.2) is 5.66 Å². The van der Waals surface area contributed by atoms with E-state index in [1.807, 2.05) is 0 Å². The van der Waals surface area contributed by atoms with E-state index in [1.54, 1.807) is 36.4 Å². The highest BCUT2D eigenvalue weighted by Crippen LogP contribution is 2.61.